The molecule has 2 atom stereocenters. The van der Waals surface area contributed by atoms with Crippen molar-refractivity contribution in [2.45, 2.75) is 44.1 Å². The summed E-state index contributed by atoms with van der Waals surface area (Å²) < 4.78 is 1.11. The summed E-state index contributed by atoms with van der Waals surface area (Å²) in [6.45, 7) is 0.873. The Hall–Kier alpha value is -1.03. The fraction of sp³-hybridized carbons (Fsp3) is 0.588. The van der Waals surface area contributed by atoms with Gasteiger partial charge in [0, 0.05) is 10.2 Å². The van der Waals surface area contributed by atoms with Crippen LogP contribution in [0.15, 0.2) is 33.7 Å². The van der Waals surface area contributed by atoms with E-state index in [-0.39, 0.29) is 5.54 Å². The van der Waals surface area contributed by atoms with Gasteiger partial charge in [0.15, 0.2) is 5.96 Å². The first-order valence-electron chi connectivity index (χ1n) is 8.04. The molecular weight excluding hydrogens is 326 g/mol. The second kappa shape index (κ2) is 5.01. The molecule has 4 heteroatoms. The van der Waals surface area contributed by atoms with E-state index in [9.17, 15) is 0 Å². The molecule has 1 heterocycles. The Morgan fingerprint density at radius 3 is 2.62 bits per heavy atom. The van der Waals surface area contributed by atoms with Gasteiger partial charge in [-0.25, -0.2) is 0 Å². The smallest absolute Gasteiger partial charge is 0.196 e. The largest absolute Gasteiger partial charge is 0.369 e. The molecule has 112 valence electrons. The molecule has 4 rings (SSSR count). The van der Waals surface area contributed by atoms with Crippen molar-refractivity contribution in [2.24, 2.45) is 22.6 Å². The number of anilines is 1. The Bertz CT molecular complexity index is 564. The molecule has 1 aromatic carbocycles. The highest BCUT2D eigenvalue weighted by molar-refractivity contribution is 9.10. The number of halogens is 1. The van der Waals surface area contributed by atoms with Crippen molar-refractivity contribution in [3.05, 3.63) is 28.7 Å². The topological polar surface area (TPSA) is 41.6 Å². The molecule has 0 amide bonds. The summed E-state index contributed by atoms with van der Waals surface area (Å²) in [4.78, 5) is 6.94. The Morgan fingerprint density at radius 1 is 1.14 bits per heavy atom. The maximum atomic E-state index is 6.26. The highest BCUT2D eigenvalue weighted by Crippen LogP contribution is 2.50. The molecule has 3 nitrogen and oxygen atoms in total. The summed E-state index contributed by atoms with van der Waals surface area (Å²) in [6, 6.07) is 8.49. The third kappa shape index (κ3) is 2.37. The number of aliphatic imine (C=N–C) groups is 1. The molecule has 21 heavy (non-hydrogen) atoms. The van der Waals surface area contributed by atoms with E-state index in [1.807, 2.05) is 0 Å². The van der Waals surface area contributed by atoms with Crippen LogP contribution in [0.1, 0.15) is 38.5 Å². The van der Waals surface area contributed by atoms with Crippen LogP contribution in [0.25, 0.3) is 0 Å². The summed E-state index contributed by atoms with van der Waals surface area (Å²) in [5.41, 5.74) is 7.59. The Kier molecular flexibility index (Phi) is 3.25. The Balaban J connectivity index is 1.65. The molecule has 1 aliphatic heterocycles. The predicted octanol–water partition coefficient (Wildman–Crippen LogP) is 3.92. The zero-order valence-electron chi connectivity index (χ0n) is 12.3. The molecule has 3 aliphatic rings. The molecule has 2 fully saturated rings. The summed E-state index contributed by atoms with van der Waals surface area (Å²) in [7, 11) is 0. The average Bonchev–Trinajstić information content (AvgIpc) is 3.29. The summed E-state index contributed by atoms with van der Waals surface area (Å²) >= 11 is 3.51. The van der Waals surface area contributed by atoms with Crippen LogP contribution < -0.4 is 10.6 Å². The third-order valence-corrected chi connectivity index (χ3v) is 6.00. The molecule has 0 saturated heterocycles. The first-order valence-corrected chi connectivity index (χ1v) is 8.83. The third-order valence-electron chi connectivity index (χ3n) is 5.47. The van der Waals surface area contributed by atoms with Gasteiger partial charge in [0.2, 0.25) is 0 Å². The molecule has 2 aliphatic carbocycles. The second-order valence-corrected chi connectivity index (χ2v) is 7.82. The van der Waals surface area contributed by atoms with Crippen molar-refractivity contribution >= 4 is 27.6 Å². The number of benzene rings is 1. The number of hydrogen-bond acceptors (Lipinski definition) is 3. The zero-order chi connectivity index (χ0) is 14.4. The van der Waals surface area contributed by atoms with Crippen LogP contribution in [-0.2, 0) is 0 Å². The number of rotatable bonds is 2. The minimum atomic E-state index is 0.142. The fourth-order valence-corrected chi connectivity index (χ4v) is 4.58. The lowest BCUT2D eigenvalue weighted by Gasteiger charge is -2.45. The van der Waals surface area contributed by atoms with Crippen LogP contribution in [0.4, 0.5) is 5.69 Å². The average molecular weight is 348 g/mol. The van der Waals surface area contributed by atoms with Gasteiger partial charge < -0.3 is 10.6 Å². The van der Waals surface area contributed by atoms with Gasteiger partial charge in [-0.3, -0.25) is 4.99 Å². The van der Waals surface area contributed by atoms with E-state index in [0.717, 1.165) is 22.9 Å². The van der Waals surface area contributed by atoms with Gasteiger partial charge >= 0.3 is 0 Å². The van der Waals surface area contributed by atoms with Gasteiger partial charge in [-0.15, -0.1) is 0 Å². The molecule has 0 radical (unpaired) electrons. The lowest BCUT2D eigenvalue weighted by molar-refractivity contribution is 0.219. The Labute approximate surface area is 134 Å². The molecule has 0 bridgehead atoms. The molecule has 1 aromatic rings. The summed E-state index contributed by atoms with van der Waals surface area (Å²) in [6.07, 6.45) is 8.08. The van der Waals surface area contributed by atoms with E-state index >= 15 is 0 Å². The van der Waals surface area contributed by atoms with Crippen molar-refractivity contribution in [1.29, 1.82) is 0 Å². The normalized spacial score (nSPS) is 32.5. The van der Waals surface area contributed by atoms with Crippen molar-refractivity contribution in [2.75, 3.05) is 11.4 Å². The maximum Gasteiger partial charge on any atom is 0.196 e. The predicted molar refractivity (Wildman–Crippen MR) is 90.5 cm³/mol. The van der Waals surface area contributed by atoms with Gasteiger partial charge in [-0.2, -0.15) is 0 Å². The van der Waals surface area contributed by atoms with Crippen molar-refractivity contribution in [3.63, 3.8) is 0 Å². The minimum absolute atomic E-state index is 0.142. The van der Waals surface area contributed by atoms with Gasteiger partial charge in [-0.1, -0.05) is 28.8 Å². The van der Waals surface area contributed by atoms with E-state index in [1.54, 1.807) is 0 Å². The van der Waals surface area contributed by atoms with Crippen LogP contribution in [0.3, 0.4) is 0 Å². The van der Waals surface area contributed by atoms with E-state index in [0.29, 0.717) is 5.96 Å². The molecule has 2 N–H and O–H groups in total. The molecule has 2 unspecified atom stereocenters. The van der Waals surface area contributed by atoms with Gasteiger partial charge in [0.25, 0.3) is 0 Å². The van der Waals surface area contributed by atoms with Gasteiger partial charge in [0.1, 0.15) is 0 Å². The van der Waals surface area contributed by atoms with E-state index in [2.05, 4.69) is 50.1 Å². The van der Waals surface area contributed by atoms with Crippen LogP contribution in [0.5, 0.6) is 0 Å². The number of hydrogen-bond donors (Lipinski definition) is 1. The zero-order valence-corrected chi connectivity index (χ0v) is 13.8. The van der Waals surface area contributed by atoms with E-state index in [4.69, 9.17) is 5.73 Å². The summed E-state index contributed by atoms with van der Waals surface area (Å²) in [5, 5.41) is 0. The summed E-state index contributed by atoms with van der Waals surface area (Å²) in [5.74, 6) is 2.57. The van der Waals surface area contributed by atoms with Crippen LogP contribution in [0.2, 0.25) is 0 Å². The first-order chi connectivity index (χ1) is 10.2. The number of nitrogens with two attached hydrogens (primary N) is 1. The van der Waals surface area contributed by atoms with Crippen molar-refractivity contribution in [3.8, 4) is 0 Å². The monoisotopic (exact) mass is 347 g/mol. The maximum absolute atomic E-state index is 6.26. The van der Waals surface area contributed by atoms with Crippen molar-refractivity contribution in [1.82, 2.24) is 0 Å². The first kappa shape index (κ1) is 13.6. The van der Waals surface area contributed by atoms with Gasteiger partial charge in [-0.05, 0) is 61.8 Å². The lowest BCUT2D eigenvalue weighted by atomic mass is 9.73. The standard InChI is InChI=1S/C17H22BrN3/c18-14-5-7-15(8-6-14)21-16(19)20-11-17(21)9-1-2-13(10-17)12-3-4-12/h5-8,12-13H,1-4,9-11H2,(H2,19,20). The molecule has 2 saturated carbocycles. The van der Waals surface area contributed by atoms with Crippen LogP contribution in [0, 0.1) is 11.8 Å². The molecular formula is C17H22BrN3. The van der Waals surface area contributed by atoms with Crippen LogP contribution >= 0.6 is 15.9 Å². The van der Waals surface area contributed by atoms with E-state index < -0.39 is 0 Å². The highest BCUT2D eigenvalue weighted by atomic mass is 79.9. The molecule has 1 spiro atoms. The van der Waals surface area contributed by atoms with E-state index in [1.165, 1.54) is 44.2 Å². The van der Waals surface area contributed by atoms with Gasteiger partial charge in [0.05, 0.1) is 12.1 Å². The highest BCUT2D eigenvalue weighted by Gasteiger charge is 2.48. The molecule has 0 aromatic heterocycles. The fourth-order valence-electron chi connectivity index (χ4n) is 4.31. The Morgan fingerprint density at radius 2 is 1.90 bits per heavy atom. The SMILES string of the molecule is NC1=NCC2(CCCC(C3CC3)C2)N1c1ccc(Br)cc1. The second-order valence-electron chi connectivity index (χ2n) is 6.90. The van der Waals surface area contributed by atoms with Crippen LogP contribution in [-0.4, -0.2) is 18.0 Å². The quantitative estimate of drug-likeness (QED) is 0.880. The van der Waals surface area contributed by atoms with Crippen molar-refractivity contribution < 1.29 is 0 Å². The number of nitrogens with zero attached hydrogens (tertiary/aromatic N) is 2. The lowest BCUT2D eigenvalue weighted by Crippen LogP contribution is -2.54. The number of guanidine groups is 1. The minimum Gasteiger partial charge on any atom is -0.369 e.